The number of sulfonamides is 1. The Morgan fingerprint density at radius 3 is 2.96 bits per heavy atom. The minimum absolute atomic E-state index is 0.211. The standard InChI is InChI=1S/C17H23N3O3S/c1-3-20-17(10-13(2)19-20)24(21,22)18-12-14-8-9-23-16-7-5-4-6-15(16)11-14/h4-7,10,14,18H,3,8-9,11-12H2,1-2H3/t14-/m0/s1. The van der Waals surface area contributed by atoms with Crippen molar-refractivity contribution in [1.29, 1.82) is 0 Å². The quantitative estimate of drug-likeness (QED) is 0.897. The minimum Gasteiger partial charge on any atom is -0.493 e. The first-order valence-corrected chi connectivity index (χ1v) is 9.72. The van der Waals surface area contributed by atoms with Crippen LogP contribution in [0.5, 0.6) is 5.75 Å². The number of benzene rings is 1. The molecule has 0 spiro atoms. The van der Waals surface area contributed by atoms with Crippen LogP contribution in [-0.4, -0.2) is 31.3 Å². The average molecular weight is 349 g/mol. The Hall–Kier alpha value is -1.86. The topological polar surface area (TPSA) is 73.2 Å². The van der Waals surface area contributed by atoms with E-state index in [1.54, 1.807) is 13.0 Å². The van der Waals surface area contributed by atoms with Crippen molar-refractivity contribution in [2.45, 2.75) is 38.3 Å². The van der Waals surface area contributed by atoms with Crippen LogP contribution in [-0.2, 0) is 23.0 Å². The largest absolute Gasteiger partial charge is 0.493 e. The third-order valence-corrected chi connectivity index (χ3v) is 5.69. The molecular weight excluding hydrogens is 326 g/mol. The van der Waals surface area contributed by atoms with Crippen molar-refractivity contribution in [3.05, 3.63) is 41.6 Å². The van der Waals surface area contributed by atoms with Gasteiger partial charge < -0.3 is 4.74 Å². The molecule has 0 aliphatic carbocycles. The third-order valence-electron chi connectivity index (χ3n) is 4.27. The molecule has 0 bridgehead atoms. The highest BCUT2D eigenvalue weighted by atomic mass is 32.2. The molecule has 0 unspecified atom stereocenters. The molecule has 3 rings (SSSR count). The van der Waals surface area contributed by atoms with Crippen LogP contribution in [0.3, 0.4) is 0 Å². The monoisotopic (exact) mass is 349 g/mol. The molecule has 24 heavy (non-hydrogen) atoms. The number of nitrogens with zero attached hydrogens (tertiary/aromatic N) is 2. The number of nitrogens with one attached hydrogen (secondary N) is 1. The Balaban J connectivity index is 1.71. The maximum absolute atomic E-state index is 12.6. The Bertz CT molecular complexity index is 814. The van der Waals surface area contributed by atoms with Crippen molar-refractivity contribution >= 4 is 10.0 Å². The SMILES string of the molecule is CCn1nc(C)cc1S(=O)(=O)NC[C@H]1CCOc2ccccc2C1. The van der Waals surface area contributed by atoms with Crippen molar-refractivity contribution in [2.75, 3.05) is 13.2 Å². The van der Waals surface area contributed by atoms with Gasteiger partial charge in [0, 0.05) is 13.1 Å². The zero-order valence-electron chi connectivity index (χ0n) is 14.0. The summed E-state index contributed by atoms with van der Waals surface area (Å²) < 4.78 is 35.2. The number of aromatic nitrogens is 2. The summed E-state index contributed by atoms with van der Waals surface area (Å²) in [5, 5.41) is 4.44. The predicted molar refractivity (Wildman–Crippen MR) is 91.6 cm³/mol. The van der Waals surface area contributed by atoms with E-state index in [0.717, 1.165) is 24.2 Å². The van der Waals surface area contributed by atoms with Crippen LogP contribution in [0.1, 0.15) is 24.6 Å². The number of aryl methyl sites for hydroxylation is 2. The van der Waals surface area contributed by atoms with E-state index >= 15 is 0 Å². The third kappa shape index (κ3) is 3.62. The van der Waals surface area contributed by atoms with Crippen molar-refractivity contribution in [3.8, 4) is 5.75 Å². The van der Waals surface area contributed by atoms with Crippen LogP contribution < -0.4 is 9.46 Å². The molecule has 6 nitrogen and oxygen atoms in total. The Morgan fingerprint density at radius 1 is 1.38 bits per heavy atom. The maximum atomic E-state index is 12.6. The smallest absolute Gasteiger partial charge is 0.257 e. The van der Waals surface area contributed by atoms with Gasteiger partial charge >= 0.3 is 0 Å². The number of rotatable bonds is 5. The molecule has 0 amide bonds. The molecule has 0 fully saturated rings. The molecule has 130 valence electrons. The van der Waals surface area contributed by atoms with E-state index in [-0.39, 0.29) is 10.9 Å². The van der Waals surface area contributed by atoms with Gasteiger partial charge in [-0.3, -0.25) is 4.68 Å². The van der Waals surface area contributed by atoms with E-state index in [1.807, 2.05) is 31.2 Å². The summed E-state index contributed by atoms with van der Waals surface area (Å²) >= 11 is 0. The molecule has 1 aromatic heterocycles. The van der Waals surface area contributed by atoms with Crippen molar-refractivity contribution in [3.63, 3.8) is 0 Å². The van der Waals surface area contributed by atoms with E-state index in [4.69, 9.17) is 4.74 Å². The molecule has 1 atom stereocenters. The van der Waals surface area contributed by atoms with Crippen LogP contribution >= 0.6 is 0 Å². The summed E-state index contributed by atoms with van der Waals surface area (Å²) in [6, 6.07) is 9.55. The van der Waals surface area contributed by atoms with Gasteiger partial charge in [0.2, 0.25) is 0 Å². The molecule has 2 aromatic rings. The van der Waals surface area contributed by atoms with E-state index in [2.05, 4.69) is 9.82 Å². The van der Waals surface area contributed by atoms with Gasteiger partial charge in [-0.2, -0.15) is 5.10 Å². The number of fused-ring (bicyclic) bond motifs is 1. The predicted octanol–water partition coefficient (Wildman–Crippen LogP) is 2.13. The number of hydrogen-bond donors (Lipinski definition) is 1. The van der Waals surface area contributed by atoms with Crippen LogP contribution in [0.15, 0.2) is 35.4 Å². The molecule has 1 aliphatic heterocycles. The first kappa shape index (κ1) is 17.0. The second-order valence-corrected chi connectivity index (χ2v) is 7.82. The number of ether oxygens (including phenoxy) is 1. The highest BCUT2D eigenvalue weighted by Crippen LogP contribution is 2.26. The average Bonchev–Trinajstić information content (AvgIpc) is 2.83. The first-order chi connectivity index (χ1) is 11.5. The van der Waals surface area contributed by atoms with Gasteiger partial charge in [0.25, 0.3) is 10.0 Å². The zero-order valence-corrected chi connectivity index (χ0v) is 14.8. The van der Waals surface area contributed by atoms with Crippen LogP contribution in [0.25, 0.3) is 0 Å². The van der Waals surface area contributed by atoms with Gasteiger partial charge in [-0.05, 0) is 50.3 Å². The van der Waals surface area contributed by atoms with E-state index < -0.39 is 10.0 Å². The molecule has 0 saturated carbocycles. The Labute approximate surface area is 142 Å². The Kier molecular flexibility index (Phi) is 4.91. The van der Waals surface area contributed by atoms with Crippen LogP contribution in [0.4, 0.5) is 0 Å². The summed E-state index contributed by atoms with van der Waals surface area (Å²) in [5.41, 5.74) is 1.84. The van der Waals surface area contributed by atoms with Crippen molar-refractivity contribution in [1.82, 2.24) is 14.5 Å². The van der Waals surface area contributed by atoms with Gasteiger partial charge in [0.1, 0.15) is 5.75 Å². The highest BCUT2D eigenvalue weighted by Gasteiger charge is 2.23. The maximum Gasteiger partial charge on any atom is 0.257 e. The summed E-state index contributed by atoms with van der Waals surface area (Å²) in [5.74, 6) is 1.12. The lowest BCUT2D eigenvalue weighted by molar-refractivity contribution is 0.294. The molecule has 0 radical (unpaired) electrons. The lowest BCUT2D eigenvalue weighted by Gasteiger charge is -2.15. The summed E-state index contributed by atoms with van der Waals surface area (Å²) in [4.78, 5) is 0. The second kappa shape index (κ2) is 6.94. The van der Waals surface area contributed by atoms with Crippen molar-refractivity contribution < 1.29 is 13.2 Å². The molecule has 0 saturated heterocycles. The first-order valence-electron chi connectivity index (χ1n) is 8.24. The molecule has 7 heteroatoms. The minimum atomic E-state index is -3.56. The summed E-state index contributed by atoms with van der Waals surface area (Å²) in [6.45, 7) is 5.20. The molecule has 1 N–H and O–H groups in total. The van der Waals surface area contributed by atoms with E-state index in [9.17, 15) is 8.42 Å². The fourth-order valence-electron chi connectivity index (χ4n) is 3.00. The second-order valence-electron chi connectivity index (χ2n) is 6.11. The molecular formula is C17H23N3O3S. The molecule has 1 aromatic carbocycles. The normalized spacial score (nSPS) is 17.8. The number of para-hydroxylation sites is 1. The van der Waals surface area contributed by atoms with Gasteiger partial charge in [0.15, 0.2) is 5.03 Å². The van der Waals surface area contributed by atoms with Gasteiger partial charge in [-0.25, -0.2) is 13.1 Å². The zero-order chi connectivity index (χ0) is 17.2. The summed E-state index contributed by atoms with van der Waals surface area (Å²) in [7, 11) is -3.56. The van der Waals surface area contributed by atoms with Crippen LogP contribution in [0.2, 0.25) is 0 Å². The summed E-state index contributed by atoms with van der Waals surface area (Å²) in [6.07, 6.45) is 1.63. The van der Waals surface area contributed by atoms with Gasteiger partial charge in [-0.1, -0.05) is 18.2 Å². The molecule has 2 heterocycles. The van der Waals surface area contributed by atoms with E-state index in [0.29, 0.717) is 25.4 Å². The Morgan fingerprint density at radius 2 is 2.17 bits per heavy atom. The van der Waals surface area contributed by atoms with Crippen LogP contribution in [0, 0.1) is 12.8 Å². The van der Waals surface area contributed by atoms with Crippen molar-refractivity contribution in [2.24, 2.45) is 5.92 Å². The number of hydrogen-bond acceptors (Lipinski definition) is 4. The molecule has 1 aliphatic rings. The fourth-order valence-corrected chi connectivity index (χ4v) is 4.38. The highest BCUT2D eigenvalue weighted by molar-refractivity contribution is 7.89. The van der Waals surface area contributed by atoms with E-state index in [1.165, 1.54) is 4.68 Å². The fraction of sp³-hybridized carbons (Fsp3) is 0.471. The van der Waals surface area contributed by atoms with Gasteiger partial charge in [-0.15, -0.1) is 0 Å². The van der Waals surface area contributed by atoms with Gasteiger partial charge in [0.05, 0.1) is 12.3 Å². The lowest BCUT2D eigenvalue weighted by Crippen LogP contribution is -2.32. The lowest BCUT2D eigenvalue weighted by atomic mass is 9.97.